The monoisotopic (exact) mass is 340 g/mol. The molecular formula is C19H20N2O2S. The topological polar surface area (TPSA) is 55.1 Å². The fourth-order valence-electron chi connectivity index (χ4n) is 3.32. The Hall–Kier alpha value is -2.14. The first-order valence-electron chi connectivity index (χ1n) is 8.47. The maximum absolute atomic E-state index is 12.5. The average molecular weight is 340 g/mol. The lowest BCUT2D eigenvalue weighted by Crippen LogP contribution is -2.40. The van der Waals surface area contributed by atoms with Crippen LogP contribution in [0.25, 0.3) is 21.0 Å². The summed E-state index contributed by atoms with van der Waals surface area (Å²) in [6.45, 7) is 2.21. The van der Waals surface area contributed by atoms with Gasteiger partial charge in [-0.15, -0.1) is 11.3 Å². The third kappa shape index (κ3) is 2.96. The molecule has 1 fully saturated rings. The zero-order valence-electron chi connectivity index (χ0n) is 13.6. The lowest BCUT2D eigenvalue weighted by atomic mass is 9.86. The molecule has 1 saturated carbocycles. The van der Waals surface area contributed by atoms with Crippen molar-refractivity contribution in [3.05, 3.63) is 42.2 Å². The van der Waals surface area contributed by atoms with Crippen molar-refractivity contribution >= 4 is 27.5 Å². The predicted octanol–water partition coefficient (Wildman–Crippen LogP) is 4.86. The molecule has 1 N–H and O–H groups in total. The summed E-state index contributed by atoms with van der Waals surface area (Å²) in [7, 11) is 0. The largest absolute Gasteiger partial charge is 0.448 e. The summed E-state index contributed by atoms with van der Waals surface area (Å²) in [6.07, 6.45) is 4.68. The molecule has 3 aromatic rings. The summed E-state index contributed by atoms with van der Waals surface area (Å²) in [5.41, 5.74) is 0.955. The van der Waals surface area contributed by atoms with Gasteiger partial charge in [0.05, 0.1) is 10.2 Å². The van der Waals surface area contributed by atoms with Crippen molar-refractivity contribution in [3.63, 3.8) is 0 Å². The first-order chi connectivity index (χ1) is 11.7. The standard InChI is InChI=1S/C19H20N2O2S/c1-12-6-2-3-7-13(12)20-18(22)15-10-11-16(23-15)19-21-14-8-4-5-9-17(14)24-19/h4-5,8-13H,2-3,6-7H2,1H3,(H,20,22). The highest BCUT2D eigenvalue weighted by Gasteiger charge is 2.24. The molecule has 2 aromatic heterocycles. The molecule has 1 amide bonds. The van der Waals surface area contributed by atoms with Gasteiger partial charge in [-0.3, -0.25) is 4.79 Å². The molecular weight excluding hydrogens is 320 g/mol. The van der Waals surface area contributed by atoms with E-state index in [-0.39, 0.29) is 11.9 Å². The van der Waals surface area contributed by atoms with Gasteiger partial charge in [-0.2, -0.15) is 0 Å². The number of amides is 1. The van der Waals surface area contributed by atoms with Gasteiger partial charge in [0, 0.05) is 6.04 Å². The van der Waals surface area contributed by atoms with Gasteiger partial charge in [0.2, 0.25) is 0 Å². The van der Waals surface area contributed by atoms with Crippen molar-refractivity contribution in [2.45, 2.75) is 38.6 Å². The second-order valence-electron chi connectivity index (χ2n) is 6.49. The molecule has 2 heterocycles. The SMILES string of the molecule is CC1CCCCC1NC(=O)c1ccc(-c2nc3ccccc3s2)o1. The zero-order chi connectivity index (χ0) is 16.5. The molecule has 1 aliphatic carbocycles. The van der Waals surface area contributed by atoms with Crippen LogP contribution in [0.15, 0.2) is 40.8 Å². The van der Waals surface area contributed by atoms with Crippen LogP contribution in [0, 0.1) is 5.92 Å². The van der Waals surface area contributed by atoms with Gasteiger partial charge in [-0.1, -0.05) is 31.9 Å². The molecule has 0 radical (unpaired) electrons. The summed E-state index contributed by atoms with van der Waals surface area (Å²) in [5.74, 6) is 1.42. The summed E-state index contributed by atoms with van der Waals surface area (Å²) in [6, 6.07) is 11.8. The Labute approximate surface area is 144 Å². The van der Waals surface area contributed by atoms with Crippen LogP contribution in [0.1, 0.15) is 43.2 Å². The Morgan fingerprint density at radius 3 is 2.88 bits per heavy atom. The second kappa shape index (κ2) is 6.40. The molecule has 1 aliphatic rings. The van der Waals surface area contributed by atoms with Crippen LogP contribution in [0.5, 0.6) is 0 Å². The van der Waals surface area contributed by atoms with Crippen LogP contribution in [0.4, 0.5) is 0 Å². The number of hydrogen-bond acceptors (Lipinski definition) is 4. The van der Waals surface area contributed by atoms with E-state index >= 15 is 0 Å². The number of aromatic nitrogens is 1. The molecule has 0 aliphatic heterocycles. The number of carbonyl (C=O) groups is 1. The molecule has 0 spiro atoms. The quantitative estimate of drug-likeness (QED) is 0.740. The Morgan fingerprint density at radius 1 is 1.21 bits per heavy atom. The molecule has 5 heteroatoms. The van der Waals surface area contributed by atoms with Gasteiger partial charge in [0.15, 0.2) is 16.5 Å². The number of fused-ring (bicyclic) bond motifs is 1. The van der Waals surface area contributed by atoms with E-state index in [1.165, 1.54) is 19.3 Å². The van der Waals surface area contributed by atoms with E-state index < -0.39 is 0 Å². The normalized spacial score (nSPS) is 21.0. The van der Waals surface area contributed by atoms with E-state index in [0.29, 0.717) is 17.4 Å². The summed E-state index contributed by atoms with van der Waals surface area (Å²) in [4.78, 5) is 17.0. The number of benzene rings is 1. The molecule has 124 valence electrons. The number of furan rings is 1. The summed E-state index contributed by atoms with van der Waals surface area (Å²) >= 11 is 1.57. The lowest BCUT2D eigenvalue weighted by molar-refractivity contribution is 0.0883. The number of thiazole rings is 1. The molecule has 4 rings (SSSR count). The van der Waals surface area contributed by atoms with Gasteiger partial charge in [-0.05, 0) is 43.0 Å². The van der Waals surface area contributed by atoms with Crippen LogP contribution in [0.2, 0.25) is 0 Å². The van der Waals surface area contributed by atoms with Gasteiger partial charge in [0.25, 0.3) is 5.91 Å². The van der Waals surface area contributed by atoms with Crippen molar-refractivity contribution < 1.29 is 9.21 Å². The van der Waals surface area contributed by atoms with Crippen molar-refractivity contribution in [2.75, 3.05) is 0 Å². The van der Waals surface area contributed by atoms with Crippen LogP contribution < -0.4 is 5.32 Å². The summed E-state index contributed by atoms with van der Waals surface area (Å²) < 4.78 is 6.89. The first-order valence-corrected chi connectivity index (χ1v) is 9.29. The van der Waals surface area contributed by atoms with Crippen molar-refractivity contribution in [2.24, 2.45) is 5.92 Å². The highest BCUT2D eigenvalue weighted by molar-refractivity contribution is 7.21. The minimum absolute atomic E-state index is 0.124. The van der Waals surface area contributed by atoms with Crippen molar-refractivity contribution in [3.8, 4) is 10.8 Å². The Morgan fingerprint density at radius 2 is 2.04 bits per heavy atom. The molecule has 0 saturated heterocycles. The van der Waals surface area contributed by atoms with E-state index in [1.807, 2.05) is 30.3 Å². The number of para-hydroxylation sites is 1. The number of hydrogen-bond donors (Lipinski definition) is 1. The Kier molecular flexibility index (Phi) is 4.10. The third-order valence-corrected chi connectivity index (χ3v) is 5.81. The smallest absolute Gasteiger partial charge is 0.287 e. The fourth-order valence-corrected chi connectivity index (χ4v) is 4.25. The predicted molar refractivity (Wildman–Crippen MR) is 96.2 cm³/mol. The van der Waals surface area contributed by atoms with E-state index in [4.69, 9.17) is 4.42 Å². The Bertz CT molecular complexity index is 834. The Balaban J connectivity index is 1.52. The van der Waals surface area contributed by atoms with E-state index in [1.54, 1.807) is 17.4 Å². The zero-order valence-corrected chi connectivity index (χ0v) is 14.4. The van der Waals surface area contributed by atoms with Crippen molar-refractivity contribution in [1.29, 1.82) is 0 Å². The van der Waals surface area contributed by atoms with E-state index in [9.17, 15) is 4.79 Å². The van der Waals surface area contributed by atoms with Gasteiger partial charge in [0.1, 0.15) is 0 Å². The minimum atomic E-state index is -0.124. The molecule has 4 nitrogen and oxygen atoms in total. The molecule has 1 aromatic carbocycles. The van der Waals surface area contributed by atoms with Crippen LogP contribution in [-0.2, 0) is 0 Å². The number of nitrogens with one attached hydrogen (secondary N) is 1. The fraction of sp³-hybridized carbons (Fsp3) is 0.368. The van der Waals surface area contributed by atoms with Gasteiger partial charge >= 0.3 is 0 Å². The van der Waals surface area contributed by atoms with Crippen LogP contribution in [0.3, 0.4) is 0 Å². The van der Waals surface area contributed by atoms with E-state index in [0.717, 1.165) is 21.6 Å². The maximum atomic E-state index is 12.5. The maximum Gasteiger partial charge on any atom is 0.287 e. The van der Waals surface area contributed by atoms with Crippen LogP contribution >= 0.6 is 11.3 Å². The average Bonchev–Trinajstić information content (AvgIpc) is 3.23. The molecule has 2 atom stereocenters. The first kappa shape index (κ1) is 15.4. The third-order valence-electron chi connectivity index (χ3n) is 4.76. The lowest BCUT2D eigenvalue weighted by Gasteiger charge is -2.29. The molecule has 24 heavy (non-hydrogen) atoms. The number of nitrogens with zero attached hydrogens (tertiary/aromatic N) is 1. The summed E-state index contributed by atoms with van der Waals surface area (Å²) in [5, 5.41) is 3.93. The van der Waals surface area contributed by atoms with Gasteiger partial charge < -0.3 is 9.73 Å². The number of carbonyl (C=O) groups excluding carboxylic acids is 1. The minimum Gasteiger partial charge on any atom is -0.448 e. The van der Waals surface area contributed by atoms with Crippen LogP contribution in [-0.4, -0.2) is 16.9 Å². The van der Waals surface area contributed by atoms with E-state index in [2.05, 4.69) is 17.2 Å². The second-order valence-corrected chi connectivity index (χ2v) is 7.52. The highest BCUT2D eigenvalue weighted by atomic mass is 32.1. The van der Waals surface area contributed by atoms with Crippen molar-refractivity contribution in [1.82, 2.24) is 10.3 Å². The highest BCUT2D eigenvalue weighted by Crippen LogP contribution is 2.31. The molecule has 2 unspecified atom stereocenters. The molecule has 0 bridgehead atoms. The number of rotatable bonds is 3. The van der Waals surface area contributed by atoms with Gasteiger partial charge in [-0.25, -0.2) is 4.98 Å².